The van der Waals surface area contributed by atoms with Gasteiger partial charge in [-0.05, 0) is 38.1 Å². The highest BCUT2D eigenvalue weighted by Crippen LogP contribution is 2.20. The van der Waals surface area contributed by atoms with Gasteiger partial charge in [-0.2, -0.15) is 0 Å². The van der Waals surface area contributed by atoms with E-state index in [9.17, 15) is 9.59 Å². The highest BCUT2D eigenvalue weighted by atomic mass is 35.5. The number of piperazine rings is 1. The molecule has 0 atom stereocenters. The molecular weight excluding hydrogens is 374 g/mol. The maximum atomic E-state index is 12.6. The molecule has 0 bridgehead atoms. The number of carbonyl (C=O) groups excluding carboxylic acids is 2. The van der Waals surface area contributed by atoms with Crippen molar-refractivity contribution in [3.8, 4) is 5.75 Å². The maximum Gasteiger partial charge on any atom is 0.265 e. The summed E-state index contributed by atoms with van der Waals surface area (Å²) in [5.41, 5.74) is 0.771. The molecule has 0 spiro atoms. The van der Waals surface area contributed by atoms with E-state index in [0.29, 0.717) is 41.8 Å². The Labute approximate surface area is 161 Å². The molecule has 0 radical (unpaired) electrons. The third kappa shape index (κ3) is 4.34. The summed E-state index contributed by atoms with van der Waals surface area (Å²) < 4.78 is 5.50. The van der Waals surface area contributed by atoms with Gasteiger partial charge < -0.3 is 14.5 Å². The van der Waals surface area contributed by atoms with Gasteiger partial charge in [0, 0.05) is 31.2 Å². The number of rotatable bonds is 4. The molecule has 2 amide bonds. The lowest BCUT2D eigenvalue weighted by molar-refractivity contribution is -0.134. The van der Waals surface area contributed by atoms with Crippen LogP contribution in [0.4, 0.5) is 0 Å². The number of benzene rings is 1. The molecule has 138 valence electrons. The van der Waals surface area contributed by atoms with Gasteiger partial charge in [0.25, 0.3) is 11.8 Å². The fourth-order valence-corrected chi connectivity index (χ4v) is 3.81. The van der Waals surface area contributed by atoms with Gasteiger partial charge in [0.05, 0.1) is 10.7 Å². The summed E-state index contributed by atoms with van der Waals surface area (Å²) in [5.74, 6) is 0.516. The normalized spacial score (nSPS) is 14.4. The zero-order valence-corrected chi connectivity index (χ0v) is 16.3. The monoisotopic (exact) mass is 393 g/mol. The standard InChI is InChI=1S/C18H20ClN3O3S/c1-12-17(26-13(2)20-12)18(24)22-9-7-21(8-10-22)16(23)11-25-15-5-3-14(19)4-6-15/h3-6H,7-11H2,1-2H3. The zero-order valence-electron chi connectivity index (χ0n) is 14.7. The van der Waals surface area contributed by atoms with Crippen LogP contribution in [0.15, 0.2) is 24.3 Å². The number of thiazole rings is 1. The Morgan fingerprint density at radius 1 is 1.12 bits per heavy atom. The Kier molecular flexibility index (Phi) is 5.78. The molecule has 1 aromatic heterocycles. The third-order valence-corrected chi connectivity index (χ3v) is 5.51. The minimum atomic E-state index is -0.0862. The second-order valence-corrected chi connectivity index (χ2v) is 7.70. The quantitative estimate of drug-likeness (QED) is 0.801. The van der Waals surface area contributed by atoms with Gasteiger partial charge in [-0.1, -0.05) is 11.6 Å². The van der Waals surface area contributed by atoms with Crippen molar-refractivity contribution in [2.75, 3.05) is 32.8 Å². The van der Waals surface area contributed by atoms with Gasteiger partial charge in [0.2, 0.25) is 0 Å². The van der Waals surface area contributed by atoms with E-state index < -0.39 is 0 Å². The first-order chi connectivity index (χ1) is 12.4. The topological polar surface area (TPSA) is 62.7 Å². The van der Waals surface area contributed by atoms with Crippen molar-refractivity contribution < 1.29 is 14.3 Å². The minimum Gasteiger partial charge on any atom is -0.484 e. The molecule has 1 aliphatic heterocycles. The lowest BCUT2D eigenvalue weighted by Crippen LogP contribution is -2.51. The van der Waals surface area contributed by atoms with Crippen LogP contribution in [-0.2, 0) is 4.79 Å². The zero-order chi connectivity index (χ0) is 18.7. The molecule has 2 aromatic rings. The van der Waals surface area contributed by atoms with Crippen LogP contribution in [0, 0.1) is 13.8 Å². The minimum absolute atomic E-state index is 0.00221. The molecule has 6 nitrogen and oxygen atoms in total. The molecule has 1 fully saturated rings. The predicted molar refractivity (Wildman–Crippen MR) is 101 cm³/mol. The van der Waals surface area contributed by atoms with Gasteiger partial charge in [0.1, 0.15) is 10.6 Å². The largest absolute Gasteiger partial charge is 0.484 e. The van der Waals surface area contributed by atoms with Gasteiger partial charge in [0.15, 0.2) is 6.61 Å². The molecule has 8 heteroatoms. The van der Waals surface area contributed by atoms with Crippen molar-refractivity contribution in [2.24, 2.45) is 0 Å². The van der Waals surface area contributed by atoms with Crippen molar-refractivity contribution >= 4 is 34.8 Å². The number of hydrogen-bond donors (Lipinski definition) is 0. The van der Waals surface area contributed by atoms with Gasteiger partial charge in [-0.3, -0.25) is 9.59 Å². The molecule has 26 heavy (non-hydrogen) atoms. The summed E-state index contributed by atoms with van der Waals surface area (Å²) in [6, 6.07) is 6.89. The Morgan fingerprint density at radius 3 is 2.31 bits per heavy atom. The molecule has 0 N–H and O–H groups in total. The highest BCUT2D eigenvalue weighted by molar-refractivity contribution is 7.13. The van der Waals surface area contributed by atoms with E-state index in [-0.39, 0.29) is 18.4 Å². The summed E-state index contributed by atoms with van der Waals surface area (Å²) in [4.78, 5) is 33.4. The van der Waals surface area contributed by atoms with Crippen LogP contribution >= 0.6 is 22.9 Å². The average molecular weight is 394 g/mol. The van der Waals surface area contributed by atoms with Crippen LogP contribution in [0.1, 0.15) is 20.4 Å². The van der Waals surface area contributed by atoms with E-state index in [2.05, 4.69) is 4.98 Å². The lowest BCUT2D eigenvalue weighted by atomic mass is 10.2. The van der Waals surface area contributed by atoms with E-state index in [1.54, 1.807) is 34.1 Å². The fourth-order valence-electron chi connectivity index (χ4n) is 2.80. The Morgan fingerprint density at radius 2 is 1.73 bits per heavy atom. The summed E-state index contributed by atoms with van der Waals surface area (Å²) in [5, 5.41) is 1.51. The van der Waals surface area contributed by atoms with E-state index in [1.807, 2.05) is 13.8 Å². The van der Waals surface area contributed by atoms with E-state index in [1.165, 1.54) is 11.3 Å². The number of halogens is 1. The van der Waals surface area contributed by atoms with Crippen molar-refractivity contribution in [3.63, 3.8) is 0 Å². The number of nitrogens with zero attached hydrogens (tertiary/aromatic N) is 3. The van der Waals surface area contributed by atoms with Crippen LogP contribution in [0.5, 0.6) is 5.75 Å². The number of hydrogen-bond acceptors (Lipinski definition) is 5. The number of carbonyl (C=O) groups is 2. The number of amides is 2. The summed E-state index contributed by atoms with van der Waals surface area (Å²) in [6.45, 7) is 5.76. The molecule has 0 aliphatic carbocycles. The van der Waals surface area contributed by atoms with E-state index in [0.717, 1.165) is 10.7 Å². The molecule has 3 rings (SSSR count). The van der Waals surface area contributed by atoms with Crippen LogP contribution in [0.2, 0.25) is 5.02 Å². The van der Waals surface area contributed by atoms with Gasteiger partial charge >= 0.3 is 0 Å². The fraction of sp³-hybridized carbons (Fsp3) is 0.389. The van der Waals surface area contributed by atoms with Crippen molar-refractivity contribution in [3.05, 3.63) is 44.9 Å². The van der Waals surface area contributed by atoms with Crippen LogP contribution in [0.25, 0.3) is 0 Å². The highest BCUT2D eigenvalue weighted by Gasteiger charge is 2.27. The van der Waals surface area contributed by atoms with Crippen molar-refractivity contribution in [2.45, 2.75) is 13.8 Å². The molecule has 0 saturated carbocycles. The SMILES string of the molecule is Cc1nc(C)c(C(=O)N2CCN(C(=O)COc3ccc(Cl)cc3)CC2)s1. The van der Waals surface area contributed by atoms with Gasteiger partial charge in [-0.25, -0.2) is 4.98 Å². The Hall–Kier alpha value is -2.12. The van der Waals surface area contributed by atoms with Crippen molar-refractivity contribution in [1.82, 2.24) is 14.8 Å². The Bertz CT molecular complexity index is 799. The van der Waals surface area contributed by atoms with E-state index >= 15 is 0 Å². The number of aryl methyl sites for hydroxylation is 2. The first-order valence-electron chi connectivity index (χ1n) is 8.33. The third-order valence-electron chi connectivity index (χ3n) is 4.19. The van der Waals surface area contributed by atoms with Gasteiger partial charge in [-0.15, -0.1) is 11.3 Å². The smallest absolute Gasteiger partial charge is 0.265 e. The molecule has 1 aliphatic rings. The number of ether oxygens (including phenoxy) is 1. The van der Waals surface area contributed by atoms with Crippen LogP contribution in [0.3, 0.4) is 0 Å². The summed E-state index contributed by atoms with van der Waals surface area (Å²) >= 11 is 7.24. The second-order valence-electron chi connectivity index (χ2n) is 6.06. The predicted octanol–water partition coefficient (Wildman–Crippen LogP) is 2.78. The van der Waals surface area contributed by atoms with E-state index in [4.69, 9.17) is 16.3 Å². The first-order valence-corrected chi connectivity index (χ1v) is 9.53. The van der Waals surface area contributed by atoms with Crippen molar-refractivity contribution in [1.29, 1.82) is 0 Å². The molecule has 1 saturated heterocycles. The molecule has 0 unspecified atom stereocenters. The van der Waals surface area contributed by atoms with Crippen LogP contribution in [-0.4, -0.2) is 59.4 Å². The maximum absolute atomic E-state index is 12.6. The first kappa shape index (κ1) is 18.7. The Balaban J connectivity index is 1.49. The second kappa shape index (κ2) is 8.05. The van der Waals surface area contributed by atoms with Crippen LogP contribution < -0.4 is 4.74 Å². The molecular formula is C18H20ClN3O3S. The summed E-state index contributed by atoms with van der Waals surface area (Å²) in [7, 11) is 0. The lowest BCUT2D eigenvalue weighted by Gasteiger charge is -2.34. The molecule has 2 heterocycles. The summed E-state index contributed by atoms with van der Waals surface area (Å²) in [6.07, 6.45) is 0. The average Bonchev–Trinajstić information content (AvgIpc) is 2.98. The number of aromatic nitrogens is 1. The molecule has 1 aromatic carbocycles.